The Balaban J connectivity index is 1.55. The molecule has 0 N–H and O–H groups in total. The van der Waals surface area contributed by atoms with Gasteiger partial charge in [0.05, 0.1) is 14.2 Å². The molecule has 6 heteroatoms. The monoisotopic (exact) mass is 406 g/mol. The second-order valence-corrected chi connectivity index (χ2v) is 6.89. The number of pyridine rings is 1. The molecule has 0 atom stereocenters. The van der Waals surface area contributed by atoms with Gasteiger partial charge < -0.3 is 14.2 Å². The molecule has 2 aromatic carbocycles. The van der Waals surface area contributed by atoms with E-state index in [-0.39, 0.29) is 24.0 Å². The van der Waals surface area contributed by atoms with Gasteiger partial charge >= 0.3 is 0 Å². The molecule has 1 aromatic heterocycles. The number of rotatable bonds is 5. The number of hydrogen-bond acceptors (Lipinski definition) is 4. The predicted molar refractivity (Wildman–Crippen MR) is 109 cm³/mol. The second kappa shape index (κ2) is 8.37. The van der Waals surface area contributed by atoms with Crippen molar-refractivity contribution in [2.24, 2.45) is 0 Å². The minimum atomic E-state index is -0.253. The van der Waals surface area contributed by atoms with Crippen molar-refractivity contribution in [3.8, 4) is 11.5 Å². The van der Waals surface area contributed by atoms with E-state index in [0.717, 1.165) is 11.1 Å². The normalized spacial score (nSPS) is 14.2. The molecular formula is C24H21FNO4+. The van der Waals surface area contributed by atoms with Crippen molar-refractivity contribution in [3.63, 3.8) is 0 Å². The van der Waals surface area contributed by atoms with E-state index in [1.54, 1.807) is 31.4 Å². The topological polar surface area (TPSA) is 48.6 Å². The summed E-state index contributed by atoms with van der Waals surface area (Å²) < 4.78 is 31.7. The zero-order valence-corrected chi connectivity index (χ0v) is 16.7. The van der Waals surface area contributed by atoms with Crippen LogP contribution in [-0.2, 0) is 17.9 Å². The highest BCUT2D eigenvalue weighted by Gasteiger charge is 2.28. The Labute approximate surface area is 174 Å². The number of methoxy groups -OCH3 is 2. The van der Waals surface area contributed by atoms with Crippen molar-refractivity contribution in [1.82, 2.24) is 0 Å². The minimum Gasteiger partial charge on any atom is -0.493 e. The molecule has 0 spiro atoms. The summed E-state index contributed by atoms with van der Waals surface area (Å²) in [6.45, 7) is 0.777. The van der Waals surface area contributed by atoms with Crippen molar-refractivity contribution in [2.45, 2.75) is 13.2 Å². The Kier molecular flexibility index (Phi) is 5.48. The fourth-order valence-corrected chi connectivity index (χ4v) is 3.47. The SMILES string of the molecule is COc1ccc2c(c1OC)COC(=Cc1cc[n+](Cc3cccc(F)c3)cc1)C2=O. The second-order valence-electron chi connectivity index (χ2n) is 6.89. The van der Waals surface area contributed by atoms with Gasteiger partial charge in [0.2, 0.25) is 5.78 Å². The van der Waals surface area contributed by atoms with E-state index in [9.17, 15) is 9.18 Å². The molecule has 0 amide bonds. The number of benzene rings is 2. The van der Waals surface area contributed by atoms with Crippen molar-refractivity contribution < 1.29 is 28.0 Å². The maximum Gasteiger partial charge on any atom is 0.228 e. The number of aromatic nitrogens is 1. The highest BCUT2D eigenvalue weighted by Crippen LogP contribution is 2.37. The molecule has 4 rings (SSSR count). The average molecular weight is 406 g/mol. The molecular weight excluding hydrogens is 385 g/mol. The Morgan fingerprint density at radius 1 is 1.10 bits per heavy atom. The number of Topliss-reactive ketones (excluding diaryl/α,β-unsaturated/α-hetero) is 1. The quantitative estimate of drug-likeness (QED) is 0.476. The summed E-state index contributed by atoms with van der Waals surface area (Å²) in [5, 5.41) is 0. The Morgan fingerprint density at radius 3 is 2.60 bits per heavy atom. The first kappa shape index (κ1) is 19.6. The van der Waals surface area contributed by atoms with Gasteiger partial charge in [-0.25, -0.2) is 8.96 Å². The largest absolute Gasteiger partial charge is 0.493 e. The molecule has 0 radical (unpaired) electrons. The highest BCUT2D eigenvalue weighted by atomic mass is 19.1. The lowest BCUT2D eigenvalue weighted by Gasteiger charge is -2.22. The van der Waals surface area contributed by atoms with E-state index >= 15 is 0 Å². The van der Waals surface area contributed by atoms with Gasteiger partial charge in [-0.05, 0) is 35.9 Å². The van der Waals surface area contributed by atoms with Gasteiger partial charge in [0.25, 0.3) is 0 Å². The third-order valence-electron chi connectivity index (χ3n) is 4.96. The molecule has 152 valence electrons. The van der Waals surface area contributed by atoms with Gasteiger partial charge in [-0.15, -0.1) is 0 Å². The zero-order valence-electron chi connectivity index (χ0n) is 16.7. The van der Waals surface area contributed by atoms with Gasteiger partial charge in [0.1, 0.15) is 12.4 Å². The predicted octanol–water partition coefficient (Wildman–Crippen LogP) is 3.93. The Hall–Kier alpha value is -3.67. The number of nitrogens with zero attached hydrogens (tertiary/aromatic N) is 1. The summed E-state index contributed by atoms with van der Waals surface area (Å²) in [4.78, 5) is 12.9. The smallest absolute Gasteiger partial charge is 0.228 e. The Morgan fingerprint density at radius 2 is 1.90 bits per heavy atom. The van der Waals surface area contributed by atoms with Crippen LogP contribution in [0.3, 0.4) is 0 Å². The summed E-state index contributed by atoms with van der Waals surface area (Å²) in [6.07, 6.45) is 5.48. The van der Waals surface area contributed by atoms with Crippen molar-refractivity contribution in [3.05, 3.63) is 94.8 Å². The molecule has 0 aliphatic carbocycles. The number of hydrogen-bond donors (Lipinski definition) is 0. The lowest BCUT2D eigenvalue weighted by Crippen LogP contribution is -2.33. The van der Waals surface area contributed by atoms with E-state index in [4.69, 9.17) is 14.2 Å². The van der Waals surface area contributed by atoms with E-state index < -0.39 is 0 Å². The van der Waals surface area contributed by atoms with E-state index in [1.807, 2.05) is 35.2 Å². The van der Waals surface area contributed by atoms with Gasteiger partial charge in [-0.3, -0.25) is 4.79 Å². The number of ketones is 1. The number of allylic oxidation sites excluding steroid dienone is 1. The summed E-state index contributed by atoms with van der Waals surface area (Å²) in [6, 6.07) is 13.7. The van der Waals surface area contributed by atoms with Crippen LogP contribution in [0.4, 0.5) is 4.39 Å². The van der Waals surface area contributed by atoms with Gasteiger partial charge in [-0.1, -0.05) is 12.1 Å². The molecule has 0 saturated heterocycles. The number of carbonyl (C=O) groups excluding carboxylic acids is 1. The first-order valence-corrected chi connectivity index (χ1v) is 9.45. The Bertz CT molecular complexity index is 1120. The van der Waals surface area contributed by atoms with Crippen LogP contribution in [0.15, 0.2) is 66.7 Å². The van der Waals surface area contributed by atoms with Crippen molar-refractivity contribution >= 4 is 11.9 Å². The van der Waals surface area contributed by atoms with Crippen LogP contribution < -0.4 is 14.0 Å². The fourth-order valence-electron chi connectivity index (χ4n) is 3.47. The molecule has 2 heterocycles. The third kappa shape index (κ3) is 3.89. The molecule has 3 aromatic rings. The molecule has 30 heavy (non-hydrogen) atoms. The van der Waals surface area contributed by atoms with Crippen LogP contribution in [0.2, 0.25) is 0 Å². The summed E-state index contributed by atoms with van der Waals surface area (Å²) >= 11 is 0. The van der Waals surface area contributed by atoms with Crippen LogP contribution in [0.1, 0.15) is 27.0 Å². The van der Waals surface area contributed by atoms with E-state index in [2.05, 4.69) is 0 Å². The standard InChI is InChI=1S/C24H21FNO4/c1-28-21-7-6-19-20(24(21)29-2)15-30-22(23(19)27)13-16-8-10-26(11-9-16)14-17-4-3-5-18(25)12-17/h3-13H,14-15H2,1-2H3/q+1. The molecule has 0 saturated carbocycles. The van der Waals surface area contributed by atoms with Crippen LogP contribution in [0.5, 0.6) is 11.5 Å². The van der Waals surface area contributed by atoms with Crippen molar-refractivity contribution in [1.29, 1.82) is 0 Å². The van der Waals surface area contributed by atoms with Crippen LogP contribution in [-0.4, -0.2) is 20.0 Å². The summed E-state index contributed by atoms with van der Waals surface area (Å²) in [5.41, 5.74) is 2.93. The zero-order chi connectivity index (χ0) is 21.1. The highest BCUT2D eigenvalue weighted by molar-refractivity contribution is 6.12. The molecule has 0 bridgehead atoms. The summed E-state index contributed by atoms with van der Waals surface area (Å²) in [7, 11) is 3.09. The van der Waals surface area contributed by atoms with Gasteiger partial charge in [0.15, 0.2) is 36.2 Å². The molecule has 1 aliphatic heterocycles. The molecule has 5 nitrogen and oxygen atoms in total. The first-order valence-electron chi connectivity index (χ1n) is 9.45. The summed E-state index contributed by atoms with van der Waals surface area (Å²) in [5.74, 6) is 0.898. The van der Waals surface area contributed by atoms with Crippen molar-refractivity contribution in [2.75, 3.05) is 14.2 Å². The van der Waals surface area contributed by atoms with Gasteiger partial charge in [-0.2, -0.15) is 0 Å². The molecule has 0 fully saturated rings. The number of halogens is 1. The molecule has 1 aliphatic rings. The lowest BCUT2D eigenvalue weighted by molar-refractivity contribution is -0.688. The molecule has 0 unspecified atom stereocenters. The van der Waals surface area contributed by atoms with E-state index in [1.165, 1.54) is 19.2 Å². The third-order valence-corrected chi connectivity index (χ3v) is 4.96. The van der Waals surface area contributed by atoms with Gasteiger partial charge in [0, 0.05) is 28.8 Å². The number of fused-ring (bicyclic) bond motifs is 1. The van der Waals surface area contributed by atoms with Crippen LogP contribution >= 0.6 is 0 Å². The first-order chi connectivity index (χ1) is 14.6. The van der Waals surface area contributed by atoms with E-state index in [0.29, 0.717) is 29.2 Å². The fraction of sp³-hybridized carbons (Fsp3) is 0.167. The van der Waals surface area contributed by atoms with Crippen LogP contribution in [0, 0.1) is 5.82 Å². The maximum absolute atomic E-state index is 13.3. The van der Waals surface area contributed by atoms with Crippen LogP contribution in [0.25, 0.3) is 6.08 Å². The number of ether oxygens (including phenoxy) is 3. The minimum absolute atomic E-state index is 0.200. The lowest BCUT2D eigenvalue weighted by atomic mass is 9.98. The average Bonchev–Trinajstić information content (AvgIpc) is 2.76. The maximum atomic E-state index is 13.3. The number of carbonyl (C=O) groups is 1.